The number of aliphatic carboxylic acids is 1. The Morgan fingerprint density at radius 1 is 1.14 bits per heavy atom. The minimum atomic E-state index is -4.08. The average Bonchev–Trinajstić information content (AvgIpc) is 2.69. The van der Waals surface area contributed by atoms with Crippen molar-refractivity contribution >= 4 is 16.0 Å². The van der Waals surface area contributed by atoms with Crippen molar-refractivity contribution in [2.45, 2.75) is 36.5 Å². The van der Waals surface area contributed by atoms with Crippen LogP contribution in [0.3, 0.4) is 0 Å². The summed E-state index contributed by atoms with van der Waals surface area (Å²) in [6.45, 7) is -0.150. The number of carboxylic acid groups (broad SMARTS) is 1. The zero-order valence-corrected chi connectivity index (χ0v) is 16.0. The zero-order valence-electron chi connectivity index (χ0n) is 15.2. The molecule has 2 atom stereocenters. The van der Waals surface area contributed by atoms with E-state index in [9.17, 15) is 32.2 Å². The molecule has 7 nitrogen and oxygen atoms in total. The van der Waals surface area contributed by atoms with Crippen molar-refractivity contribution in [3.8, 4) is 5.75 Å². The van der Waals surface area contributed by atoms with E-state index in [1.807, 2.05) is 0 Å². The maximum absolute atomic E-state index is 13.2. The van der Waals surface area contributed by atoms with Crippen LogP contribution < -0.4 is 4.74 Å². The summed E-state index contributed by atoms with van der Waals surface area (Å²) in [6, 6.07) is 7.35. The van der Waals surface area contributed by atoms with Crippen LogP contribution in [0.1, 0.15) is 18.4 Å². The number of hydrogen-bond acceptors (Lipinski definition) is 5. The minimum absolute atomic E-state index is 0.0472. The van der Waals surface area contributed by atoms with E-state index in [0.29, 0.717) is 11.3 Å². The Bertz CT molecular complexity index is 996. The van der Waals surface area contributed by atoms with Gasteiger partial charge in [0.15, 0.2) is 11.6 Å². The highest BCUT2D eigenvalue weighted by Crippen LogP contribution is 2.27. The number of carboxylic acids is 1. The number of piperidine rings is 1. The molecule has 1 fully saturated rings. The van der Waals surface area contributed by atoms with Crippen molar-refractivity contribution in [2.75, 3.05) is 6.54 Å². The number of hydrogen-bond donors (Lipinski definition) is 2. The predicted molar refractivity (Wildman–Crippen MR) is 97.7 cm³/mol. The largest absolute Gasteiger partial charge is 0.489 e. The number of aliphatic hydroxyl groups is 1. The van der Waals surface area contributed by atoms with Gasteiger partial charge in [0.25, 0.3) is 0 Å². The van der Waals surface area contributed by atoms with Crippen molar-refractivity contribution in [3.05, 3.63) is 59.7 Å². The SMILES string of the molecule is O=C(O)C1CC(O)CCN1S(=O)(=O)c1ccc(OCc2ccc(F)c(F)c2)cc1. The van der Waals surface area contributed by atoms with Crippen LogP contribution in [0.25, 0.3) is 0 Å². The molecule has 156 valence electrons. The van der Waals surface area contributed by atoms with E-state index >= 15 is 0 Å². The van der Waals surface area contributed by atoms with Crippen LogP contribution >= 0.6 is 0 Å². The van der Waals surface area contributed by atoms with E-state index in [0.717, 1.165) is 16.4 Å². The van der Waals surface area contributed by atoms with Gasteiger partial charge < -0.3 is 14.9 Å². The quantitative estimate of drug-likeness (QED) is 0.732. The van der Waals surface area contributed by atoms with E-state index in [2.05, 4.69) is 0 Å². The van der Waals surface area contributed by atoms with Gasteiger partial charge in [-0.25, -0.2) is 17.2 Å². The third kappa shape index (κ3) is 4.72. The van der Waals surface area contributed by atoms with Crippen LogP contribution in [0.2, 0.25) is 0 Å². The first-order chi connectivity index (χ1) is 13.7. The van der Waals surface area contributed by atoms with Crippen molar-refractivity contribution in [1.29, 1.82) is 0 Å². The number of halogens is 2. The lowest BCUT2D eigenvalue weighted by Crippen LogP contribution is -2.51. The second-order valence-electron chi connectivity index (χ2n) is 6.66. The fraction of sp³-hybridized carbons (Fsp3) is 0.316. The van der Waals surface area contributed by atoms with Crippen LogP contribution in [-0.2, 0) is 21.4 Å². The molecule has 10 heteroatoms. The molecule has 1 aliphatic rings. The number of rotatable bonds is 6. The van der Waals surface area contributed by atoms with Gasteiger partial charge in [-0.15, -0.1) is 0 Å². The van der Waals surface area contributed by atoms with Crippen molar-refractivity contribution in [3.63, 3.8) is 0 Å². The molecule has 0 aromatic heterocycles. The van der Waals surface area contributed by atoms with Gasteiger partial charge in [0.05, 0.1) is 11.0 Å². The molecule has 1 saturated heterocycles. The maximum Gasteiger partial charge on any atom is 0.322 e. The number of nitrogens with zero attached hydrogens (tertiary/aromatic N) is 1. The average molecular weight is 427 g/mol. The predicted octanol–water partition coefficient (Wildman–Crippen LogP) is 2.14. The van der Waals surface area contributed by atoms with E-state index in [-0.39, 0.29) is 30.9 Å². The number of benzene rings is 2. The molecule has 0 amide bonds. The van der Waals surface area contributed by atoms with E-state index in [4.69, 9.17) is 4.74 Å². The van der Waals surface area contributed by atoms with E-state index in [1.165, 1.54) is 30.3 Å². The second-order valence-corrected chi connectivity index (χ2v) is 8.55. The van der Waals surface area contributed by atoms with Gasteiger partial charge in [0, 0.05) is 13.0 Å². The Labute approximate surface area is 166 Å². The molecular formula is C19H19F2NO6S. The van der Waals surface area contributed by atoms with Gasteiger partial charge in [0.2, 0.25) is 10.0 Å². The third-order valence-corrected chi connectivity index (χ3v) is 6.55. The highest BCUT2D eigenvalue weighted by molar-refractivity contribution is 7.89. The lowest BCUT2D eigenvalue weighted by molar-refractivity contribution is -0.143. The van der Waals surface area contributed by atoms with Gasteiger partial charge in [-0.2, -0.15) is 4.31 Å². The van der Waals surface area contributed by atoms with Crippen LogP contribution in [0.5, 0.6) is 5.75 Å². The van der Waals surface area contributed by atoms with Crippen molar-refractivity contribution in [1.82, 2.24) is 4.31 Å². The summed E-state index contributed by atoms with van der Waals surface area (Å²) < 4.78 is 58.1. The number of aliphatic hydroxyl groups excluding tert-OH is 1. The number of carbonyl (C=O) groups is 1. The number of ether oxygens (including phenoxy) is 1. The fourth-order valence-electron chi connectivity index (χ4n) is 3.08. The van der Waals surface area contributed by atoms with Gasteiger partial charge in [-0.3, -0.25) is 4.79 Å². The summed E-state index contributed by atoms with van der Waals surface area (Å²) in [4.78, 5) is 11.3. The molecule has 0 radical (unpaired) electrons. The van der Waals surface area contributed by atoms with E-state index < -0.39 is 39.8 Å². The molecule has 0 bridgehead atoms. The summed E-state index contributed by atoms with van der Waals surface area (Å²) in [5.41, 5.74) is 0.400. The molecule has 3 rings (SSSR count). The Hall–Kier alpha value is -2.56. The summed E-state index contributed by atoms with van der Waals surface area (Å²) in [7, 11) is -4.08. The van der Waals surface area contributed by atoms with Crippen LogP contribution in [0, 0.1) is 11.6 Å². The molecule has 1 heterocycles. The highest BCUT2D eigenvalue weighted by atomic mass is 32.2. The molecule has 29 heavy (non-hydrogen) atoms. The van der Waals surface area contributed by atoms with Crippen LogP contribution in [-0.4, -0.2) is 47.6 Å². The van der Waals surface area contributed by atoms with Gasteiger partial charge in [-0.1, -0.05) is 6.07 Å². The van der Waals surface area contributed by atoms with Gasteiger partial charge >= 0.3 is 5.97 Å². The summed E-state index contributed by atoms with van der Waals surface area (Å²) in [6.07, 6.45) is -0.891. The van der Waals surface area contributed by atoms with Gasteiger partial charge in [-0.05, 0) is 48.4 Å². The molecule has 2 aromatic rings. The first-order valence-corrected chi connectivity index (χ1v) is 10.2. The molecule has 1 aliphatic heterocycles. The van der Waals surface area contributed by atoms with Gasteiger partial charge in [0.1, 0.15) is 18.4 Å². The van der Waals surface area contributed by atoms with E-state index in [1.54, 1.807) is 0 Å². The van der Waals surface area contributed by atoms with Crippen LogP contribution in [0.4, 0.5) is 8.78 Å². The molecule has 2 unspecified atom stereocenters. The maximum atomic E-state index is 13.2. The Kier molecular flexibility index (Phi) is 6.15. The molecule has 0 aliphatic carbocycles. The van der Waals surface area contributed by atoms with Crippen LogP contribution in [0.15, 0.2) is 47.4 Å². The summed E-state index contributed by atoms with van der Waals surface area (Å²) >= 11 is 0. The molecule has 0 saturated carbocycles. The Morgan fingerprint density at radius 3 is 2.45 bits per heavy atom. The summed E-state index contributed by atoms with van der Waals surface area (Å²) in [5.74, 6) is -2.98. The smallest absolute Gasteiger partial charge is 0.322 e. The molecule has 2 aromatic carbocycles. The summed E-state index contributed by atoms with van der Waals surface area (Å²) in [5, 5.41) is 19.0. The second kappa shape index (κ2) is 8.44. The van der Waals surface area contributed by atoms with Crippen molar-refractivity contribution in [2.24, 2.45) is 0 Å². The topological polar surface area (TPSA) is 104 Å². The molecular weight excluding hydrogens is 408 g/mol. The standard InChI is InChI=1S/C19H19F2NO6S/c20-16-6-1-12(9-17(16)21)11-28-14-2-4-15(5-3-14)29(26,27)22-8-7-13(23)10-18(22)19(24)25/h1-6,9,13,18,23H,7-8,10-11H2,(H,24,25). The molecule has 2 N–H and O–H groups in total. The third-order valence-electron chi connectivity index (χ3n) is 4.63. The highest BCUT2D eigenvalue weighted by Gasteiger charge is 2.40. The Morgan fingerprint density at radius 2 is 1.83 bits per heavy atom. The minimum Gasteiger partial charge on any atom is -0.489 e. The zero-order chi connectivity index (χ0) is 21.2. The molecule has 0 spiro atoms. The Balaban J connectivity index is 1.72. The normalized spacial score (nSPS) is 20.4. The monoisotopic (exact) mass is 427 g/mol. The lowest BCUT2D eigenvalue weighted by Gasteiger charge is -2.34. The first-order valence-electron chi connectivity index (χ1n) is 8.78. The first kappa shape index (κ1) is 21.2. The van der Waals surface area contributed by atoms with Crippen molar-refractivity contribution < 1.29 is 36.9 Å². The number of sulfonamides is 1. The fourth-order valence-corrected chi connectivity index (χ4v) is 4.68. The lowest BCUT2D eigenvalue weighted by atomic mass is 10.0.